The summed E-state index contributed by atoms with van der Waals surface area (Å²) in [5, 5.41) is 6.29. The summed E-state index contributed by atoms with van der Waals surface area (Å²) >= 11 is 1.64. The predicted octanol–water partition coefficient (Wildman–Crippen LogP) is 4.11. The first-order chi connectivity index (χ1) is 14.2. The van der Waals surface area contributed by atoms with Crippen molar-refractivity contribution in [3.8, 4) is 5.75 Å². The summed E-state index contributed by atoms with van der Waals surface area (Å²) in [6, 6.07) is 9.93. The highest BCUT2D eigenvalue weighted by Crippen LogP contribution is 2.27. The molecule has 1 aliphatic rings. The Morgan fingerprint density at radius 2 is 2.14 bits per heavy atom. The molecule has 4 rings (SSSR count). The van der Waals surface area contributed by atoms with Gasteiger partial charge in [-0.25, -0.2) is 4.98 Å². The van der Waals surface area contributed by atoms with Gasteiger partial charge >= 0.3 is 0 Å². The van der Waals surface area contributed by atoms with E-state index in [1.807, 2.05) is 24.7 Å². The fourth-order valence-electron chi connectivity index (χ4n) is 3.56. The Balaban J connectivity index is 1.49. The molecule has 0 spiro atoms. The standard InChI is InChI=1S/C23H25N3O2S/c1-3-22-25-19(15-29-22)14-28-21-8-9-26(23(27)12-21)20-7-6-17-10-16(13-24-2)4-5-18(17)11-20/h4-5,8-12,15,24H,3,6-7,13-14H2,1-2H3. The molecule has 0 radical (unpaired) electrons. The van der Waals surface area contributed by atoms with E-state index in [9.17, 15) is 4.79 Å². The van der Waals surface area contributed by atoms with Crippen LogP contribution in [0, 0.1) is 0 Å². The number of allylic oxidation sites excluding steroid dienone is 1. The van der Waals surface area contributed by atoms with Crippen LogP contribution >= 0.6 is 11.3 Å². The Labute approximate surface area is 174 Å². The van der Waals surface area contributed by atoms with Gasteiger partial charge in [0.1, 0.15) is 12.4 Å². The van der Waals surface area contributed by atoms with E-state index in [4.69, 9.17) is 4.74 Å². The number of hydrogen-bond donors (Lipinski definition) is 1. The monoisotopic (exact) mass is 407 g/mol. The van der Waals surface area contributed by atoms with Gasteiger partial charge in [-0.15, -0.1) is 11.3 Å². The molecule has 0 saturated carbocycles. The molecule has 5 nitrogen and oxygen atoms in total. The Morgan fingerprint density at radius 1 is 1.24 bits per heavy atom. The normalized spacial score (nSPS) is 13.1. The topological polar surface area (TPSA) is 56.1 Å². The van der Waals surface area contributed by atoms with Gasteiger partial charge in [-0.2, -0.15) is 0 Å². The van der Waals surface area contributed by atoms with Crippen LogP contribution in [0.4, 0.5) is 0 Å². The summed E-state index contributed by atoms with van der Waals surface area (Å²) in [6.07, 6.45) is 6.63. The highest BCUT2D eigenvalue weighted by molar-refractivity contribution is 7.09. The molecule has 1 aromatic carbocycles. The van der Waals surface area contributed by atoms with E-state index in [2.05, 4.69) is 41.5 Å². The number of hydrogen-bond acceptors (Lipinski definition) is 5. The average molecular weight is 408 g/mol. The third kappa shape index (κ3) is 4.49. The zero-order valence-electron chi connectivity index (χ0n) is 16.8. The summed E-state index contributed by atoms with van der Waals surface area (Å²) in [5.74, 6) is 0.575. The zero-order chi connectivity index (χ0) is 20.2. The molecule has 0 fully saturated rings. The number of fused-ring (bicyclic) bond motifs is 1. The molecule has 1 N–H and O–H groups in total. The molecule has 29 heavy (non-hydrogen) atoms. The first-order valence-electron chi connectivity index (χ1n) is 9.92. The molecule has 0 bridgehead atoms. The molecule has 0 amide bonds. The van der Waals surface area contributed by atoms with Crippen molar-refractivity contribution in [2.45, 2.75) is 39.3 Å². The second-order valence-electron chi connectivity index (χ2n) is 7.14. The molecule has 0 saturated heterocycles. The minimum atomic E-state index is -0.0727. The van der Waals surface area contributed by atoms with E-state index < -0.39 is 0 Å². The molecule has 2 aromatic heterocycles. The summed E-state index contributed by atoms with van der Waals surface area (Å²) < 4.78 is 7.49. The van der Waals surface area contributed by atoms with E-state index >= 15 is 0 Å². The highest BCUT2D eigenvalue weighted by Gasteiger charge is 2.14. The number of thiazole rings is 1. The van der Waals surface area contributed by atoms with Gasteiger partial charge in [-0.3, -0.25) is 9.36 Å². The highest BCUT2D eigenvalue weighted by atomic mass is 32.1. The van der Waals surface area contributed by atoms with Gasteiger partial charge in [-0.1, -0.05) is 25.1 Å². The van der Waals surface area contributed by atoms with Gasteiger partial charge in [0, 0.05) is 29.9 Å². The predicted molar refractivity (Wildman–Crippen MR) is 118 cm³/mol. The number of aromatic nitrogens is 2. The number of benzene rings is 1. The van der Waals surface area contributed by atoms with Gasteiger partial charge in [-0.05, 0) is 55.1 Å². The Hall–Kier alpha value is -2.70. The Morgan fingerprint density at radius 3 is 2.90 bits per heavy atom. The number of ether oxygens (including phenoxy) is 1. The van der Waals surface area contributed by atoms with Crippen LogP contribution in [0.3, 0.4) is 0 Å². The van der Waals surface area contributed by atoms with Crippen LogP contribution in [0.2, 0.25) is 0 Å². The molecule has 3 aromatic rings. The maximum atomic E-state index is 12.7. The molecular weight excluding hydrogens is 382 g/mol. The van der Waals surface area contributed by atoms with Gasteiger partial charge < -0.3 is 10.1 Å². The average Bonchev–Trinajstić information content (AvgIpc) is 3.20. The van der Waals surface area contributed by atoms with Crippen LogP contribution in [0.15, 0.2) is 46.7 Å². The number of nitrogens with one attached hydrogen (secondary N) is 1. The fourth-order valence-corrected chi connectivity index (χ4v) is 4.29. The molecule has 150 valence electrons. The maximum absolute atomic E-state index is 12.7. The van der Waals surface area contributed by atoms with Crippen LogP contribution in [-0.2, 0) is 26.0 Å². The van der Waals surface area contributed by atoms with Crippen molar-refractivity contribution < 1.29 is 4.74 Å². The van der Waals surface area contributed by atoms with Crippen LogP contribution < -0.4 is 15.6 Å². The van der Waals surface area contributed by atoms with Gasteiger partial charge in [0.2, 0.25) is 0 Å². The van der Waals surface area contributed by atoms with Crippen molar-refractivity contribution >= 4 is 23.1 Å². The lowest BCUT2D eigenvalue weighted by Crippen LogP contribution is -2.19. The van der Waals surface area contributed by atoms with Crippen molar-refractivity contribution in [2.24, 2.45) is 0 Å². The van der Waals surface area contributed by atoms with Crippen molar-refractivity contribution in [3.63, 3.8) is 0 Å². The number of nitrogens with zero attached hydrogens (tertiary/aromatic N) is 2. The Kier molecular flexibility index (Phi) is 5.92. The SMILES string of the molecule is CCc1nc(COc2ccn(C3=Cc4ccc(CNC)cc4CC3)c(=O)c2)cs1. The summed E-state index contributed by atoms with van der Waals surface area (Å²) in [5.41, 5.74) is 5.66. The summed E-state index contributed by atoms with van der Waals surface area (Å²) in [6.45, 7) is 3.33. The number of pyridine rings is 1. The zero-order valence-corrected chi connectivity index (χ0v) is 17.6. The molecule has 0 aliphatic heterocycles. The second kappa shape index (κ2) is 8.76. The first-order valence-corrected chi connectivity index (χ1v) is 10.8. The molecular formula is C23H25N3O2S. The van der Waals surface area contributed by atoms with Crippen molar-refractivity contribution in [1.82, 2.24) is 14.9 Å². The third-order valence-corrected chi connectivity index (χ3v) is 6.09. The third-order valence-electron chi connectivity index (χ3n) is 5.05. The van der Waals surface area contributed by atoms with E-state index in [1.165, 1.54) is 16.7 Å². The molecule has 6 heteroatoms. The fraction of sp³-hybridized carbons (Fsp3) is 0.304. The first kappa shape index (κ1) is 19.6. The lowest BCUT2D eigenvalue weighted by atomic mass is 9.93. The van der Waals surface area contributed by atoms with Crippen molar-refractivity contribution in [1.29, 1.82) is 0 Å². The Bertz CT molecular complexity index is 1100. The van der Waals surface area contributed by atoms with Gasteiger partial charge in [0.05, 0.1) is 10.7 Å². The van der Waals surface area contributed by atoms with E-state index in [-0.39, 0.29) is 5.56 Å². The smallest absolute Gasteiger partial charge is 0.258 e. The maximum Gasteiger partial charge on any atom is 0.258 e. The lowest BCUT2D eigenvalue weighted by molar-refractivity contribution is 0.301. The minimum Gasteiger partial charge on any atom is -0.487 e. The van der Waals surface area contributed by atoms with E-state index in [0.29, 0.717) is 12.4 Å². The lowest BCUT2D eigenvalue weighted by Gasteiger charge is -2.19. The molecule has 0 unspecified atom stereocenters. The van der Waals surface area contributed by atoms with Gasteiger partial charge in [0.25, 0.3) is 5.56 Å². The molecule has 1 aliphatic carbocycles. The summed E-state index contributed by atoms with van der Waals surface area (Å²) in [7, 11) is 1.95. The van der Waals surface area contributed by atoms with Crippen LogP contribution in [-0.4, -0.2) is 16.6 Å². The molecule has 2 heterocycles. The number of rotatable bonds is 7. The summed E-state index contributed by atoms with van der Waals surface area (Å²) in [4.78, 5) is 17.2. The second-order valence-corrected chi connectivity index (χ2v) is 8.09. The van der Waals surface area contributed by atoms with Crippen molar-refractivity contribution in [3.05, 3.63) is 79.7 Å². The quantitative estimate of drug-likeness (QED) is 0.640. The van der Waals surface area contributed by atoms with Crippen LogP contribution in [0.1, 0.15) is 40.7 Å². The van der Waals surface area contributed by atoms with Gasteiger partial charge in [0.15, 0.2) is 0 Å². The minimum absolute atomic E-state index is 0.0727. The van der Waals surface area contributed by atoms with E-state index in [0.717, 1.165) is 42.2 Å². The number of aryl methyl sites for hydroxylation is 2. The molecule has 0 atom stereocenters. The van der Waals surface area contributed by atoms with Crippen LogP contribution in [0.5, 0.6) is 5.75 Å². The van der Waals surface area contributed by atoms with Crippen molar-refractivity contribution in [2.75, 3.05) is 7.05 Å². The van der Waals surface area contributed by atoms with E-state index in [1.54, 1.807) is 22.0 Å². The van der Waals surface area contributed by atoms with Crippen LogP contribution in [0.25, 0.3) is 11.8 Å². The largest absolute Gasteiger partial charge is 0.487 e.